The molecule has 0 radical (unpaired) electrons. The zero-order valence-corrected chi connectivity index (χ0v) is 7.67. The van der Waals surface area contributed by atoms with Crippen molar-refractivity contribution in [3.8, 4) is 0 Å². The molecule has 0 heterocycles. The molecule has 0 unspecified atom stereocenters. The molecule has 0 aromatic rings. The molecule has 2 fully saturated rings. The molecule has 2 aliphatic rings. The van der Waals surface area contributed by atoms with Gasteiger partial charge in [0.05, 0.1) is 6.10 Å². The van der Waals surface area contributed by atoms with Gasteiger partial charge in [-0.1, -0.05) is 20.8 Å². The van der Waals surface area contributed by atoms with Crippen molar-refractivity contribution in [3.05, 3.63) is 0 Å². The summed E-state index contributed by atoms with van der Waals surface area (Å²) in [5, 5.41) is 9.62. The lowest BCUT2D eigenvalue weighted by atomic mass is 9.69. The molecule has 0 spiro atoms. The third-order valence-corrected chi connectivity index (χ3v) is 4.44. The van der Waals surface area contributed by atoms with Crippen molar-refractivity contribution in [2.75, 3.05) is 0 Å². The van der Waals surface area contributed by atoms with Crippen LogP contribution in [0.2, 0.25) is 0 Å². The Balaban J connectivity index is 2.25. The first-order valence-corrected chi connectivity index (χ1v) is 4.71. The molecule has 0 aromatic heterocycles. The van der Waals surface area contributed by atoms with Gasteiger partial charge in [0.1, 0.15) is 0 Å². The molecule has 0 amide bonds. The minimum absolute atomic E-state index is 0.0167. The Morgan fingerprint density at radius 3 is 2.27 bits per heavy atom. The van der Waals surface area contributed by atoms with Gasteiger partial charge in [0.2, 0.25) is 0 Å². The van der Waals surface area contributed by atoms with Crippen molar-refractivity contribution in [3.63, 3.8) is 0 Å². The van der Waals surface area contributed by atoms with Crippen LogP contribution in [0.5, 0.6) is 0 Å². The minimum atomic E-state index is 0.0167. The molecule has 2 aliphatic carbocycles. The molecule has 1 nitrogen and oxygen atoms in total. The van der Waals surface area contributed by atoms with Crippen molar-refractivity contribution >= 4 is 0 Å². The van der Waals surface area contributed by atoms with Gasteiger partial charge in [0.15, 0.2) is 0 Å². The first kappa shape index (κ1) is 7.60. The Labute approximate surface area is 68.8 Å². The Morgan fingerprint density at radius 1 is 1.27 bits per heavy atom. The van der Waals surface area contributed by atoms with Crippen molar-refractivity contribution in [1.29, 1.82) is 0 Å². The van der Waals surface area contributed by atoms with Crippen LogP contribution in [-0.4, -0.2) is 11.2 Å². The van der Waals surface area contributed by atoms with E-state index < -0.39 is 0 Å². The third kappa shape index (κ3) is 0.807. The predicted octanol–water partition coefficient (Wildman–Crippen LogP) is 2.05. The molecule has 11 heavy (non-hydrogen) atoms. The summed E-state index contributed by atoms with van der Waals surface area (Å²) >= 11 is 0. The second-order valence-electron chi connectivity index (χ2n) is 5.01. The van der Waals surface area contributed by atoms with E-state index in [2.05, 4.69) is 20.8 Å². The molecule has 2 bridgehead atoms. The molecule has 0 aliphatic heterocycles. The minimum Gasteiger partial charge on any atom is -0.393 e. The second-order valence-corrected chi connectivity index (χ2v) is 5.01. The predicted molar refractivity (Wildman–Crippen MR) is 45.2 cm³/mol. The summed E-state index contributed by atoms with van der Waals surface area (Å²) in [6.45, 7) is 7.01. The Bertz CT molecular complexity index is 170. The van der Waals surface area contributed by atoms with E-state index in [1.165, 1.54) is 6.42 Å². The number of hydrogen-bond acceptors (Lipinski definition) is 1. The van der Waals surface area contributed by atoms with E-state index in [0.717, 1.165) is 18.3 Å². The number of fused-ring (bicyclic) bond motifs is 2. The summed E-state index contributed by atoms with van der Waals surface area (Å²) in [6.07, 6.45) is 2.35. The highest BCUT2D eigenvalue weighted by molar-refractivity contribution is 5.03. The van der Waals surface area contributed by atoms with Crippen molar-refractivity contribution in [1.82, 2.24) is 0 Å². The van der Waals surface area contributed by atoms with Crippen molar-refractivity contribution in [2.45, 2.75) is 39.7 Å². The lowest BCUT2D eigenvalue weighted by Crippen LogP contribution is -2.35. The fourth-order valence-electron chi connectivity index (χ4n) is 3.12. The molecular weight excluding hydrogens is 136 g/mol. The van der Waals surface area contributed by atoms with Crippen LogP contribution in [0.25, 0.3) is 0 Å². The molecule has 1 N–H and O–H groups in total. The zero-order valence-electron chi connectivity index (χ0n) is 7.67. The molecular formula is C10H18O. The van der Waals surface area contributed by atoms with Crippen molar-refractivity contribution in [2.24, 2.45) is 23.2 Å². The highest BCUT2D eigenvalue weighted by Crippen LogP contribution is 2.58. The quantitative estimate of drug-likeness (QED) is 0.566. The highest BCUT2D eigenvalue weighted by atomic mass is 16.3. The molecule has 4 atom stereocenters. The summed E-state index contributed by atoms with van der Waals surface area (Å²) in [4.78, 5) is 0. The van der Waals surface area contributed by atoms with Gasteiger partial charge in [-0.2, -0.15) is 0 Å². The van der Waals surface area contributed by atoms with E-state index in [4.69, 9.17) is 0 Å². The normalized spacial score (nSPS) is 53.5. The number of aliphatic hydroxyl groups excluding tert-OH is 1. The lowest BCUT2D eigenvalue weighted by Gasteiger charge is -2.38. The van der Waals surface area contributed by atoms with Gasteiger partial charge in [-0.3, -0.25) is 0 Å². The maximum atomic E-state index is 9.62. The van der Waals surface area contributed by atoms with E-state index in [1.54, 1.807) is 0 Å². The SMILES string of the molecule is C[C@H]1[C@H]2C[C@H](C[C@@H]2O)C1(C)C. The Hall–Kier alpha value is -0.0400. The van der Waals surface area contributed by atoms with E-state index in [9.17, 15) is 5.11 Å². The van der Waals surface area contributed by atoms with E-state index in [1.807, 2.05) is 0 Å². The van der Waals surface area contributed by atoms with Gasteiger partial charge in [-0.15, -0.1) is 0 Å². The van der Waals surface area contributed by atoms with Gasteiger partial charge in [0, 0.05) is 0 Å². The topological polar surface area (TPSA) is 20.2 Å². The first-order valence-electron chi connectivity index (χ1n) is 4.71. The first-order chi connectivity index (χ1) is 5.03. The van der Waals surface area contributed by atoms with Gasteiger partial charge in [-0.25, -0.2) is 0 Å². The fraction of sp³-hybridized carbons (Fsp3) is 1.00. The van der Waals surface area contributed by atoms with Crippen LogP contribution in [0.1, 0.15) is 33.6 Å². The lowest BCUT2D eigenvalue weighted by molar-refractivity contribution is 0.0239. The fourth-order valence-corrected chi connectivity index (χ4v) is 3.12. The Morgan fingerprint density at radius 2 is 1.91 bits per heavy atom. The maximum absolute atomic E-state index is 9.62. The molecule has 2 saturated carbocycles. The van der Waals surface area contributed by atoms with Crippen LogP contribution in [0.15, 0.2) is 0 Å². The summed E-state index contributed by atoms with van der Waals surface area (Å²) in [6, 6.07) is 0. The van der Waals surface area contributed by atoms with Crippen LogP contribution in [-0.2, 0) is 0 Å². The monoisotopic (exact) mass is 154 g/mol. The van der Waals surface area contributed by atoms with Gasteiger partial charge in [-0.05, 0) is 36.0 Å². The van der Waals surface area contributed by atoms with Crippen LogP contribution in [0.3, 0.4) is 0 Å². The highest BCUT2D eigenvalue weighted by Gasteiger charge is 2.54. The summed E-state index contributed by atoms with van der Waals surface area (Å²) < 4.78 is 0. The zero-order chi connectivity index (χ0) is 8.22. The standard InChI is InChI=1S/C10H18O/c1-6-8-4-7(5-9(8)11)10(6,2)3/h6-9,11H,4-5H2,1-3H3/t6-,7+,8+,9-/m0/s1. The van der Waals surface area contributed by atoms with E-state index >= 15 is 0 Å². The summed E-state index contributed by atoms with van der Waals surface area (Å²) in [5.41, 5.74) is 0.490. The molecule has 0 saturated heterocycles. The second kappa shape index (κ2) is 2.01. The van der Waals surface area contributed by atoms with Crippen molar-refractivity contribution < 1.29 is 5.11 Å². The summed E-state index contributed by atoms with van der Waals surface area (Å²) in [5.74, 6) is 2.11. The Kier molecular flexibility index (Phi) is 1.39. The average Bonchev–Trinajstić information content (AvgIpc) is 2.36. The van der Waals surface area contributed by atoms with Crippen LogP contribution in [0, 0.1) is 23.2 Å². The van der Waals surface area contributed by atoms with Gasteiger partial charge < -0.3 is 5.11 Å². The summed E-state index contributed by atoms with van der Waals surface area (Å²) in [7, 11) is 0. The molecule has 2 rings (SSSR count). The van der Waals surface area contributed by atoms with Gasteiger partial charge >= 0.3 is 0 Å². The smallest absolute Gasteiger partial charge is 0.0574 e. The average molecular weight is 154 g/mol. The molecule has 64 valence electrons. The number of hydrogen-bond donors (Lipinski definition) is 1. The van der Waals surface area contributed by atoms with Crippen LogP contribution >= 0.6 is 0 Å². The van der Waals surface area contributed by atoms with E-state index in [-0.39, 0.29) is 6.10 Å². The maximum Gasteiger partial charge on any atom is 0.0574 e. The number of rotatable bonds is 0. The van der Waals surface area contributed by atoms with Crippen LogP contribution in [0.4, 0.5) is 0 Å². The molecule has 1 heteroatoms. The third-order valence-electron chi connectivity index (χ3n) is 4.44. The van der Waals surface area contributed by atoms with Crippen LogP contribution < -0.4 is 0 Å². The molecule has 0 aromatic carbocycles. The number of aliphatic hydroxyl groups is 1. The van der Waals surface area contributed by atoms with Gasteiger partial charge in [0.25, 0.3) is 0 Å². The van der Waals surface area contributed by atoms with E-state index in [0.29, 0.717) is 11.3 Å². The largest absolute Gasteiger partial charge is 0.393 e.